The van der Waals surface area contributed by atoms with Crippen LogP contribution in [-0.2, 0) is 35.1 Å². The second kappa shape index (κ2) is 9.80. The molecule has 0 aliphatic heterocycles. The van der Waals surface area contributed by atoms with Crippen molar-refractivity contribution in [3.05, 3.63) is 0 Å². The number of nitrogens with one attached hydrogen (secondary N) is 1. The Labute approximate surface area is 140 Å². The van der Waals surface area contributed by atoms with Crippen LogP contribution in [0.25, 0.3) is 0 Å². The molecule has 0 rings (SSSR count). The molecule has 0 aromatic carbocycles. The number of amides is 1. The molecule has 0 fully saturated rings. The van der Waals surface area contributed by atoms with Gasteiger partial charge in [0.2, 0.25) is 0 Å². The monoisotopic (exact) mass is 368 g/mol. The highest BCUT2D eigenvalue weighted by Gasteiger charge is 2.28. The number of nitrogens with zero attached hydrogens (tertiary/aromatic N) is 1. The number of ether oxygens (including phenoxy) is 2. The van der Waals surface area contributed by atoms with E-state index < -0.39 is 37.0 Å². The molecule has 0 saturated carbocycles. The number of methoxy groups -OCH3 is 1. The summed E-state index contributed by atoms with van der Waals surface area (Å²) >= 11 is 4.72. The molecule has 1 unspecified atom stereocenters. The number of carbonyl (C=O) groups is 2. The van der Waals surface area contributed by atoms with Crippen molar-refractivity contribution in [2.75, 3.05) is 20.3 Å². The Morgan fingerprint density at radius 1 is 1.39 bits per heavy atom. The van der Waals surface area contributed by atoms with Crippen molar-refractivity contribution in [3.8, 4) is 6.07 Å². The van der Waals surface area contributed by atoms with Gasteiger partial charge in [-0.15, -0.1) is 0 Å². The van der Waals surface area contributed by atoms with Gasteiger partial charge in [-0.05, 0) is 32.6 Å². The van der Waals surface area contributed by atoms with Crippen molar-refractivity contribution in [1.29, 1.82) is 5.26 Å². The number of nitriles is 1. The third-order valence-corrected chi connectivity index (χ3v) is 3.67. The van der Waals surface area contributed by atoms with E-state index in [4.69, 9.17) is 30.9 Å². The molecule has 0 aliphatic rings. The van der Waals surface area contributed by atoms with Gasteiger partial charge in [0, 0.05) is 0 Å². The van der Waals surface area contributed by atoms with Crippen LogP contribution in [0.3, 0.4) is 0 Å². The zero-order valence-electron chi connectivity index (χ0n) is 13.4. The third-order valence-electron chi connectivity index (χ3n) is 2.05. The van der Waals surface area contributed by atoms with Gasteiger partial charge in [0.05, 0.1) is 32.8 Å². The molecule has 132 valence electrons. The quantitative estimate of drug-likeness (QED) is 0.369. The Bertz CT molecular complexity index is 501. The second-order valence-corrected chi connectivity index (χ2v) is 8.07. The topological polar surface area (TPSA) is 127 Å². The standard InChI is InChI=1S/C12H21N2O7PS/c1-12(2,3)21-11(16)14-9(10(15)18-4)8-20-22(17,23)19-7-5-6-13/h9H,5,7-8H2,1-4H3,(H,14,16)(H,17,23)/t9-,22?/m0/s1. The molecule has 23 heavy (non-hydrogen) atoms. The van der Waals surface area contributed by atoms with Gasteiger partial charge in [-0.25, -0.2) is 9.59 Å². The van der Waals surface area contributed by atoms with Crippen LogP contribution in [0.4, 0.5) is 4.79 Å². The van der Waals surface area contributed by atoms with Crippen molar-refractivity contribution in [1.82, 2.24) is 5.32 Å². The van der Waals surface area contributed by atoms with Gasteiger partial charge < -0.3 is 28.7 Å². The molecule has 2 N–H and O–H groups in total. The smallest absolute Gasteiger partial charge is 0.408 e. The van der Waals surface area contributed by atoms with E-state index in [2.05, 4.69) is 10.1 Å². The first-order valence-electron chi connectivity index (χ1n) is 6.57. The van der Waals surface area contributed by atoms with E-state index in [-0.39, 0.29) is 13.0 Å². The van der Waals surface area contributed by atoms with E-state index in [1.165, 1.54) is 0 Å². The zero-order chi connectivity index (χ0) is 18.1. The summed E-state index contributed by atoms with van der Waals surface area (Å²) < 4.78 is 19.4. The van der Waals surface area contributed by atoms with Crippen LogP contribution in [0.15, 0.2) is 0 Å². The van der Waals surface area contributed by atoms with E-state index in [0.29, 0.717) is 0 Å². The van der Waals surface area contributed by atoms with Crippen LogP contribution in [-0.4, -0.2) is 48.9 Å². The average Bonchev–Trinajstić information content (AvgIpc) is 2.40. The maximum absolute atomic E-state index is 11.7. The Kier molecular flexibility index (Phi) is 9.27. The summed E-state index contributed by atoms with van der Waals surface area (Å²) in [5.41, 5.74) is -0.752. The number of rotatable bonds is 8. The van der Waals surface area contributed by atoms with E-state index in [9.17, 15) is 14.5 Å². The lowest BCUT2D eigenvalue weighted by Gasteiger charge is -2.23. The molecule has 0 aliphatic carbocycles. The fourth-order valence-corrected chi connectivity index (χ4v) is 2.31. The molecule has 0 saturated heterocycles. The molecule has 1 amide bonds. The highest BCUT2D eigenvalue weighted by molar-refractivity contribution is 8.07. The largest absolute Gasteiger partial charge is 0.467 e. The van der Waals surface area contributed by atoms with Crippen LogP contribution in [0.2, 0.25) is 0 Å². The van der Waals surface area contributed by atoms with Crippen LogP contribution in [0, 0.1) is 11.3 Å². The van der Waals surface area contributed by atoms with Crippen molar-refractivity contribution in [2.24, 2.45) is 0 Å². The van der Waals surface area contributed by atoms with Gasteiger partial charge in [-0.3, -0.25) is 0 Å². The molecule has 0 spiro atoms. The van der Waals surface area contributed by atoms with Crippen molar-refractivity contribution < 1.29 is 33.0 Å². The Hall–Kier alpha value is -1.24. The minimum atomic E-state index is -3.63. The van der Waals surface area contributed by atoms with Gasteiger partial charge in [-0.1, -0.05) is 0 Å². The molecule has 9 nitrogen and oxygen atoms in total. The number of hydrogen-bond donors (Lipinski definition) is 2. The Balaban J connectivity index is 4.63. The summed E-state index contributed by atoms with van der Waals surface area (Å²) in [6, 6.07) is 0.580. The molecule has 11 heteroatoms. The lowest BCUT2D eigenvalue weighted by Crippen LogP contribution is -2.46. The van der Waals surface area contributed by atoms with Crippen LogP contribution >= 0.6 is 6.72 Å². The maximum Gasteiger partial charge on any atom is 0.408 e. The number of carbonyl (C=O) groups excluding carboxylic acids is 2. The molecule has 2 atom stereocenters. The van der Waals surface area contributed by atoms with E-state index in [1.54, 1.807) is 20.8 Å². The molecule has 0 radical (unpaired) electrons. The summed E-state index contributed by atoms with van der Waals surface area (Å²) in [4.78, 5) is 33.1. The predicted molar refractivity (Wildman–Crippen MR) is 83.8 cm³/mol. The van der Waals surface area contributed by atoms with Crippen LogP contribution < -0.4 is 5.32 Å². The van der Waals surface area contributed by atoms with Crippen LogP contribution in [0.1, 0.15) is 27.2 Å². The molecule has 0 aromatic heterocycles. The van der Waals surface area contributed by atoms with Gasteiger partial charge in [-0.2, -0.15) is 5.26 Å². The van der Waals surface area contributed by atoms with E-state index in [0.717, 1.165) is 7.11 Å². The number of alkyl carbamates (subject to hydrolysis) is 1. The lowest BCUT2D eigenvalue weighted by molar-refractivity contribution is -0.143. The van der Waals surface area contributed by atoms with Gasteiger partial charge in [0.15, 0.2) is 6.04 Å². The van der Waals surface area contributed by atoms with Gasteiger partial charge in [0.25, 0.3) is 0 Å². The highest BCUT2D eigenvalue weighted by atomic mass is 32.5. The lowest BCUT2D eigenvalue weighted by atomic mass is 10.2. The molecular weight excluding hydrogens is 347 g/mol. The first kappa shape index (κ1) is 21.8. The van der Waals surface area contributed by atoms with Crippen molar-refractivity contribution in [2.45, 2.75) is 38.8 Å². The molecule has 0 heterocycles. The Morgan fingerprint density at radius 3 is 2.48 bits per heavy atom. The minimum Gasteiger partial charge on any atom is -0.467 e. The maximum atomic E-state index is 11.7. The first-order valence-corrected chi connectivity index (χ1v) is 9.16. The predicted octanol–water partition coefficient (Wildman–Crippen LogP) is 1.22. The zero-order valence-corrected chi connectivity index (χ0v) is 15.1. The SMILES string of the molecule is COC(=O)[C@H](COP(O)(=S)OCCC#N)NC(=O)OC(C)(C)C. The fourth-order valence-electron chi connectivity index (χ4n) is 1.17. The first-order chi connectivity index (χ1) is 10.5. The molecule has 0 bridgehead atoms. The molecule has 0 aromatic rings. The minimum absolute atomic E-state index is 0.0267. The Morgan fingerprint density at radius 2 is 2.00 bits per heavy atom. The van der Waals surface area contributed by atoms with Crippen molar-refractivity contribution in [3.63, 3.8) is 0 Å². The van der Waals surface area contributed by atoms with Gasteiger partial charge >= 0.3 is 18.8 Å². The third kappa shape index (κ3) is 11.0. The summed E-state index contributed by atoms with van der Waals surface area (Å²) in [7, 11) is 1.13. The number of hydrogen-bond acceptors (Lipinski definition) is 8. The summed E-state index contributed by atoms with van der Waals surface area (Å²) in [6.45, 7) is 0.780. The van der Waals surface area contributed by atoms with Crippen molar-refractivity contribution >= 4 is 30.6 Å². The van der Waals surface area contributed by atoms with Crippen LogP contribution in [0.5, 0.6) is 0 Å². The average molecular weight is 368 g/mol. The molecular formula is C12H21N2O7PS. The fraction of sp³-hybridized carbons (Fsp3) is 0.750. The van der Waals surface area contributed by atoms with E-state index >= 15 is 0 Å². The summed E-state index contributed by atoms with van der Waals surface area (Å²) in [6.07, 6.45) is -0.827. The van der Waals surface area contributed by atoms with E-state index in [1.807, 2.05) is 6.07 Å². The number of esters is 1. The highest BCUT2D eigenvalue weighted by Crippen LogP contribution is 2.43. The second-order valence-electron chi connectivity index (χ2n) is 5.23. The summed E-state index contributed by atoms with van der Waals surface area (Å²) in [5.74, 6) is -0.803. The normalized spacial score (nSPS) is 15.0. The summed E-state index contributed by atoms with van der Waals surface area (Å²) in [5, 5.41) is 10.6. The van der Waals surface area contributed by atoms with Gasteiger partial charge in [0.1, 0.15) is 5.60 Å².